The lowest BCUT2D eigenvalue weighted by Gasteiger charge is -2.15. The van der Waals surface area contributed by atoms with Crippen LogP contribution < -0.4 is 14.2 Å². The number of ether oxygens (including phenoxy) is 2. The van der Waals surface area contributed by atoms with Crippen molar-refractivity contribution in [2.75, 3.05) is 17.9 Å². The van der Waals surface area contributed by atoms with E-state index in [9.17, 15) is 8.42 Å². The van der Waals surface area contributed by atoms with Crippen LogP contribution in [0.3, 0.4) is 0 Å². The molecule has 24 heavy (non-hydrogen) atoms. The Morgan fingerprint density at radius 3 is 2.38 bits per heavy atom. The summed E-state index contributed by atoms with van der Waals surface area (Å²) in [5.74, 6) is 0.775. The van der Waals surface area contributed by atoms with Gasteiger partial charge in [0.25, 0.3) is 10.0 Å². The molecule has 0 aromatic heterocycles. The van der Waals surface area contributed by atoms with E-state index in [2.05, 4.69) is 20.7 Å². The fourth-order valence-electron chi connectivity index (χ4n) is 2.17. The van der Waals surface area contributed by atoms with Gasteiger partial charge in [-0.15, -0.1) is 0 Å². The lowest BCUT2D eigenvalue weighted by atomic mass is 10.2. The Morgan fingerprint density at radius 1 is 1.04 bits per heavy atom. The second-order valence-electron chi connectivity index (χ2n) is 5.04. The van der Waals surface area contributed by atoms with Gasteiger partial charge in [0, 0.05) is 10.5 Å². The normalized spacial score (nSPS) is 11.2. The van der Waals surface area contributed by atoms with E-state index in [0.29, 0.717) is 30.4 Å². The predicted molar refractivity (Wildman–Crippen MR) is 98.5 cm³/mol. The molecule has 1 N–H and O–H groups in total. The van der Waals surface area contributed by atoms with Gasteiger partial charge in [-0.3, -0.25) is 4.72 Å². The van der Waals surface area contributed by atoms with Gasteiger partial charge in [0.15, 0.2) is 0 Å². The maximum Gasteiger partial charge on any atom is 0.265 e. The zero-order chi connectivity index (χ0) is 17.7. The van der Waals surface area contributed by atoms with E-state index < -0.39 is 10.0 Å². The molecule has 0 bridgehead atoms. The highest BCUT2D eigenvalue weighted by molar-refractivity contribution is 9.10. The molecule has 0 spiro atoms. The fourth-order valence-corrected chi connectivity index (χ4v) is 3.94. The smallest absolute Gasteiger partial charge is 0.265 e. The molecule has 0 unspecified atom stereocenters. The van der Waals surface area contributed by atoms with Crippen LogP contribution in [0.25, 0.3) is 0 Å². The second-order valence-corrected chi connectivity index (χ2v) is 7.61. The maximum atomic E-state index is 12.8. The first-order valence-electron chi connectivity index (χ1n) is 7.56. The van der Waals surface area contributed by atoms with Crippen LogP contribution in [0.2, 0.25) is 0 Å². The lowest BCUT2D eigenvalue weighted by molar-refractivity contribution is 0.322. The molecule has 0 aliphatic rings. The van der Waals surface area contributed by atoms with Crippen molar-refractivity contribution in [3.8, 4) is 11.5 Å². The molecule has 0 amide bonds. The SMILES string of the molecule is CCOc1ccc(OCC)c(S(=O)(=O)Nc2ccc(Br)cc2C)c1. The standard InChI is InChI=1S/C17H20BrNO4S/c1-4-22-14-7-9-16(23-5-2)17(11-14)24(20,21)19-15-8-6-13(18)10-12(15)3/h6-11,19H,4-5H2,1-3H3. The van der Waals surface area contributed by atoms with Gasteiger partial charge in [0.1, 0.15) is 16.4 Å². The number of anilines is 1. The van der Waals surface area contributed by atoms with Gasteiger partial charge < -0.3 is 9.47 Å². The van der Waals surface area contributed by atoms with Crippen LogP contribution >= 0.6 is 15.9 Å². The molecule has 0 fully saturated rings. The third-order valence-electron chi connectivity index (χ3n) is 3.25. The number of benzene rings is 2. The van der Waals surface area contributed by atoms with Gasteiger partial charge in [-0.05, 0) is 56.7 Å². The van der Waals surface area contributed by atoms with Gasteiger partial charge in [0.05, 0.1) is 18.9 Å². The summed E-state index contributed by atoms with van der Waals surface area (Å²) >= 11 is 3.37. The number of halogens is 1. The highest BCUT2D eigenvalue weighted by Crippen LogP contribution is 2.31. The minimum absolute atomic E-state index is 0.0534. The minimum atomic E-state index is -3.81. The van der Waals surface area contributed by atoms with Crippen molar-refractivity contribution >= 4 is 31.6 Å². The van der Waals surface area contributed by atoms with Crippen LogP contribution in [0.4, 0.5) is 5.69 Å². The van der Waals surface area contributed by atoms with E-state index in [1.807, 2.05) is 19.9 Å². The second kappa shape index (κ2) is 7.90. The first-order chi connectivity index (χ1) is 11.4. The molecule has 0 atom stereocenters. The van der Waals surface area contributed by atoms with Gasteiger partial charge in [-0.1, -0.05) is 15.9 Å². The molecule has 0 saturated heterocycles. The summed E-state index contributed by atoms with van der Waals surface area (Å²) in [4.78, 5) is 0.0534. The summed E-state index contributed by atoms with van der Waals surface area (Å²) in [5.41, 5.74) is 1.33. The van der Waals surface area contributed by atoms with Crippen LogP contribution in [0.1, 0.15) is 19.4 Å². The summed E-state index contributed by atoms with van der Waals surface area (Å²) in [6, 6.07) is 10.1. The average Bonchev–Trinajstić information content (AvgIpc) is 2.52. The van der Waals surface area contributed by atoms with E-state index in [1.165, 1.54) is 6.07 Å². The molecule has 130 valence electrons. The van der Waals surface area contributed by atoms with Crippen molar-refractivity contribution in [2.45, 2.75) is 25.7 Å². The van der Waals surface area contributed by atoms with Crippen molar-refractivity contribution in [3.05, 3.63) is 46.4 Å². The number of aryl methyl sites for hydroxylation is 1. The first kappa shape index (κ1) is 18.6. The average molecular weight is 414 g/mol. The van der Waals surface area contributed by atoms with Crippen LogP contribution in [0, 0.1) is 6.92 Å². The van der Waals surface area contributed by atoms with Crippen LogP contribution in [0.15, 0.2) is 45.8 Å². The van der Waals surface area contributed by atoms with E-state index in [-0.39, 0.29) is 4.90 Å². The lowest BCUT2D eigenvalue weighted by Crippen LogP contribution is -2.15. The molecule has 2 aromatic rings. The zero-order valence-electron chi connectivity index (χ0n) is 13.8. The number of rotatable bonds is 7. The first-order valence-corrected chi connectivity index (χ1v) is 9.83. The molecule has 2 aromatic carbocycles. The molecular weight excluding hydrogens is 394 g/mol. The Morgan fingerprint density at radius 2 is 1.75 bits per heavy atom. The van der Waals surface area contributed by atoms with Crippen LogP contribution in [0.5, 0.6) is 11.5 Å². The molecule has 7 heteroatoms. The molecule has 0 saturated carbocycles. The number of hydrogen-bond acceptors (Lipinski definition) is 4. The van der Waals surface area contributed by atoms with Gasteiger partial charge in [0.2, 0.25) is 0 Å². The Hall–Kier alpha value is -1.73. The summed E-state index contributed by atoms with van der Waals surface area (Å²) in [6.07, 6.45) is 0. The molecule has 2 rings (SSSR count). The van der Waals surface area contributed by atoms with E-state index in [4.69, 9.17) is 9.47 Å². The van der Waals surface area contributed by atoms with Crippen LogP contribution in [-0.2, 0) is 10.0 Å². The van der Waals surface area contributed by atoms with Crippen molar-refractivity contribution in [1.29, 1.82) is 0 Å². The fraction of sp³-hybridized carbons (Fsp3) is 0.294. The van der Waals surface area contributed by atoms with Gasteiger partial charge in [-0.25, -0.2) is 8.42 Å². The number of nitrogens with one attached hydrogen (secondary N) is 1. The van der Waals surface area contributed by atoms with E-state index in [0.717, 1.165) is 10.0 Å². The Labute approximate surface area is 151 Å². The van der Waals surface area contributed by atoms with Crippen molar-refractivity contribution < 1.29 is 17.9 Å². The summed E-state index contributed by atoms with van der Waals surface area (Å²) in [7, 11) is -3.81. The van der Waals surface area contributed by atoms with Crippen molar-refractivity contribution in [1.82, 2.24) is 0 Å². The van der Waals surface area contributed by atoms with Crippen LogP contribution in [-0.4, -0.2) is 21.6 Å². The monoisotopic (exact) mass is 413 g/mol. The molecule has 0 radical (unpaired) electrons. The highest BCUT2D eigenvalue weighted by Gasteiger charge is 2.21. The number of hydrogen-bond donors (Lipinski definition) is 1. The third kappa shape index (κ3) is 4.42. The van der Waals surface area contributed by atoms with Gasteiger partial charge >= 0.3 is 0 Å². The van der Waals surface area contributed by atoms with Crippen molar-refractivity contribution in [3.63, 3.8) is 0 Å². The molecular formula is C17H20BrNO4S. The minimum Gasteiger partial charge on any atom is -0.494 e. The van der Waals surface area contributed by atoms with E-state index in [1.54, 1.807) is 31.2 Å². The molecule has 0 aliphatic carbocycles. The predicted octanol–water partition coefficient (Wildman–Crippen LogP) is 4.36. The highest BCUT2D eigenvalue weighted by atomic mass is 79.9. The largest absolute Gasteiger partial charge is 0.494 e. The summed E-state index contributed by atoms with van der Waals surface area (Å²) in [5, 5.41) is 0. The molecule has 0 heterocycles. The number of sulfonamides is 1. The zero-order valence-corrected chi connectivity index (χ0v) is 16.2. The molecule has 0 aliphatic heterocycles. The van der Waals surface area contributed by atoms with E-state index >= 15 is 0 Å². The van der Waals surface area contributed by atoms with Gasteiger partial charge in [-0.2, -0.15) is 0 Å². The summed E-state index contributed by atoms with van der Waals surface area (Å²) in [6.45, 7) is 6.30. The topological polar surface area (TPSA) is 64.6 Å². The third-order valence-corrected chi connectivity index (χ3v) is 5.13. The Bertz CT molecular complexity index is 821. The maximum absolute atomic E-state index is 12.8. The Kier molecular flexibility index (Phi) is 6.12. The molecule has 5 nitrogen and oxygen atoms in total. The van der Waals surface area contributed by atoms with Crippen molar-refractivity contribution in [2.24, 2.45) is 0 Å². The summed E-state index contributed by atoms with van der Waals surface area (Å²) < 4.78 is 40.0. The quantitative estimate of drug-likeness (QED) is 0.732. The Balaban J connectivity index is 2.44.